The van der Waals surface area contributed by atoms with Crippen molar-refractivity contribution in [1.82, 2.24) is 15.6 Å². The molecule has 1 aromatic rings. The van der Waals surface area contributed by atoms with E-state index >= 15 is 0 Å². The minimum absolute atomic E-state index is 0.0157. The maximum atomic E-state index is 12.2. The van der Waals surface area contributed by atoms with Crippen LogP contribution in [0.4, 0.5) is 10.6 Å². The summed E-state index contributed by atoms with van der Waals surface area (Å²) in [6.07, 6.45) is 12.0. The molecule has 1 unspecified atom stereocenters. The van der Waals surface area contributed by atoms with Crippen LogP contribution in [0.15, 0.2) is 35.9 Å². The van der Waals surface area contributed by atoms with Crippen molar-refractivity contribution in [1.29, 1.82) is 0 Å². The number of nitrogens with zero attached hydrogens (tertiary/aromatic N) is 1. The van der Waals surface area contributed by atoms with E-state index in [1.165, 1.54) is 12.8 Å². The summed E-state index contributed by atoms with van der Waals surface area (Å²) in [5.41, 5.74) is 0.935. The second kappa shape index (κ2) is 8.84. The molecule has 2 aliphatic carbocycles. The summed E-state index contributed by atoms with van der Waals surface area (Å²) >= 11 is 0. The summed E-state index contributed by atoms with van der Waals surface area (Å²) in [6, 6.07) is 1.79. The Kier molecular flexibility index (Phi) is 5.76. The van der Waals surface area contributed by atoms with Gasteiger partial charge in [0.15, 0.2) is 0 Å². The molecule has 4 atom stereocenters. The van der Waals surface area contributed by atoms with Crippen molar-refractivity contribution in [2.75, 3.05) is 11.9 Å². The van der Waals surface area contributed by atoms with Crippen LogP contribution in [0.2, 0.25) is 0 Å². The number of pyridine rings is 1. The number of nitrogens with one attached hydrogen (secondary N) is 3. The Bertz CT molecular complexity index is 973. The molecule has 1 aromatic heterocycles. The van der Waals surface area contributed by atoms with E-state index in [1.807, 2.05) is 18.2 Å². The quantitative estimate of drug-likeness (QED) is 0.540. The molecule has 2 fully saturated rings. The Morgan fingerprint density at radius 2 is 2.19 bits per heavy atom. The zero-order valence-electron chi connectivity index (χ0n) is 18.4. The molecule has 0 radical (unpaired) electrons. The molecule has 8 heteroatoms. The second-order valence-electron chi connectivity index (χ2n) is 8.95. The summed E-state index contributed by atoms with van der Waals surface area (Å²) in [6.45, 7) is 2.89. The Labute approximate surface area is 187 Å². The van der Waals surface area contributed by atoms with E-state index in [0.29, 0.717) is 25.2 Å². The highest BCUT2D eigenvalue weighted by atomic mass is 16.5. The first-order valence-electron chi connectivity index (χ1n) is 11.7. The third-order valence-electron chi connectivity index (χ3n) is 6.69. The molecule has 8 nitrogen and oxygen atoms in total. The lowest BCUT2D eigenvalue weighted by Gasteiger charge is -2.24. The van der Waals surface area contributed by atoms with Gasteiger partial charge >= 0.3 is 6.03 Å². The summed E-state index contributed by atoms with van der Waals surface area (Å²) < 4.78 is 12.3. The van der Waals surface area contributed by atoms with Crippen LogP contribution in [-0.2, 0) is 16.0 Å². The molecule has 3 N–H and O–H groups in total. The molecule has 32 heavy (non-hydrogen) atoms. The average Bonchev–Trinajstić information content (AvgIpc) is 3.30. The van der Waals surface area contributed by atoms with Gasteiger partial charge in [-0.1, -0.05) is 26.2 Å². The first-order chi connectivity index (χ1) is 15.6. The number of hydrogen-bond donors (Lipinski definition) is 3. The Hall–Kier alpha value is -3.03. The maximum absolute atomic E-state index is 12.2. The van der Waals surface area contributed by atoms with Crippen LogP contribution >= 0.6 is 0 Å². The van der Waals surface area contributed by atoms with Crippen molar-refractivity contribution in [2.45, 2.75) is 64.0 Å². The molecule has 3 heterocycles. The van der Waals surface area contributed by atoms with E-state index in [-0.39, 0.29) is 35.9 Å². The average molecular weight is 439 g/mol. The second-order valence-corrected chi connectivity index (χ2v) is 8.95. The molecule has 3 amide bonds. The van der Waals surface area contributed by atoms with E-state index in [0.717, 1.165) is 42.1 Å². The normalized spacial score (nSPS) is 27.0. The van der Waals surface area contributed by atoms with Crippen LogP contribution < -0.4 is 20.7 Å². The number of carbonyl (C=O) groups is 2. The van der Waals surface area contributed by atoms with Crippen molar-refractivity contribution in [3.05, 3.63) is 41.5 Å². The van der Waals surface area contributed by atoms with E-state index < -0.39 is 0 Å². The number of ether oxygens (including phenoxy) is 2. The summed E-state index contributed by atoms with van der Waals surface area (Å²) in [5, 5.41) is 8.84. The smallest absolute Gasteiger partial charge is 0.315 e. The van der Waals surface area contributed by atoms with Crippen molar-refractivity contribution in [2.24, 2.45) is 11.8 Å². The third-order valence-corrected chi connectivity index (χ3v) is 6.69. The van der Waals surface area contributed by atoms with E-state index in [1.54, 1.807) is 6.20 Å². The summed E-state index contributed by atoms with van der Waals surface area (Å²) in [4.78, 5) is 28.1. The molecule has 2 aliphatic heterocycles. The van der Waals surface area contributed by atoms with Gasteiger partial charge in [-0.05, 0) is 31.1 Å². The molecular formula is C24H30N4O4. The number of unbranched alkanes of at least 4 members (excludes halogenated alkanes) is 3. The summed E-state index contributed by atoms with van der Waals surface area (Å²) in [5.74, 6) is 3.65. The number of anilines is 1. The standard InChI is InChI=1S/C24H30N4O4/c1-2-3-4-5-11-26-24(30)28-21-20-16-13-14(6-8-17(16)32-22(20)21)31-18-10-12-25-23-15(18)7-9-19(29)27-23/h6,8,10,12,16,20-22H,2-5,7,9,11,13H2,1H3,(H,25,27,29)(H2,26,28,30)/t16?,20-,21-,22-/m0/s1. The van der Waals surface area contributed by atoms with Crippen LogP contribution in [0.3, 0.4) is 0 Å². The minimum atomic E-state index is -0.108. The van der Waals surface area contributed by atoms with Gasteiger partial charge < -0.3 is 25.4 Å². The number of amides is 3. The highest BCUT2D eigenvalue weighted by Gasteiger charge is 2.64. The van der Waals surface area contributed by atoms with Gasteiger partial charge in [0.25, 0.3) is 0 Å². The van der Waals surface area contributed by atoms with Crippen molar-refractivity contribution >= 4 is 17.8 Å². The number of carbonyl (C=O) groups excluding carboxylic acids is 2. The number of hydrogen-bond acceptors (Lipinski definition) is 5. The van der Waals surface area contributed by atoms with Crippen LogP contribution in [0.25, 0.3) is 0 Å². The number of allylic oxidation sites excluding steroid dienone is 4. The fraction of sp³-hybridized carbons (Fsp3) is 0.542. The first kappa shape index (κ1) is 20.8. The largest absolute Gasteiger partial charge is 0.492 e. The highest BCUT2D eigenvalue weighted by molar-refractivity contribution is 5.93. The van der Waals surface area contributed by atoms with Gasteiger partial charge in [-0.2, -0.15) is 0 Å². The fourth-order valence-electron chi connectivity index (χ4n) is 4.93. The lowest BCUT2D eigenvalue weighted by atomic mass is 9.93. The lowest BCUT2D eigenvalue weighted by Crippen LogP contribution is -2.40. The van der Waals surface area contributed by atoms with Crippen LogP contribution in [0.1, 0.15) is 51.0 Å². The predicted molar refractivity (Wildman–Crippen MR) is 119 cm³/mol. The molecule has 0 spiro atoms. The van der Waals surface area contributed by atoms with E-state index in [9.17, 15) is 9.59 Å². The van der Waals surface area contributed by atoms with Gasteiger partial charge in [0.05, 0.1) is 6.04 Å². The van der Waals surface area contributed by atoms with Crippen LogP contribution in [0.5, 0.6) is 5.75 Å². The van der Waals surface area contributed by atoms with Gasteiger partial charge in [0.2, 0.25) is 5.91 Å². The monoisotopic (exact) mass is 438 g/mol. The molecule has 1 saturated carbocycles. The molecule has 0 aromatic carbocycles. The Morgan fingerprint density at radius 3 is 3.06 bits per heavy atom. The maximum Gasteiger partial charge on any atom is 0.315 e. The minimum Gasteiger partial charge on any atom is -0.492 e. The SMILES string of the molecule is CCCCCCNC(=O)N[C@@H]1[C@H]2OC3=CC=C(Oc4ccnc5c4CCC(=O)N5)CC3[C@@H]12. The molecule has 170 valence electrons. The fourth-order valence-corrected chi connectivity index (χ4v) is 4.93. The van der Waals surface area contributed by atoms with E-state index in [4.69, 9.17) is 9.47 Å². The molecule has 5 rings (SSSR count). The lowest BCUT2D eigenvalue weighted by molar-refractivity contribution is -0.116. The number of rotatable bonds is 8. The Balaban J connectivity index is 1.15. The number of urea groups is 1. The van der Waals surface area contributed by atoms with Gasteiger partial charge in [-0.15, -0.1) is 0 Å². The molecule has 0 bridgehead atoms. The van der Waals surface area contributed by atoms with E-state index in [2.05, 4.69) is 27.9 Å². The zero-order chi connectivity index (χ0) is 22.1. The van der Waals surface area contributed by atoms with Gasteiger partial charge in [0.1, 0.15) is 29.2 Å². The summed E-state index contributed by atoms with van der Waals surface area (Å²) in [7, 11) is 0. The van der Waals surface area contributed by atoms with Gasteiger partial charge in [-0.3, -0.25) is 4.79 Å². The van der Waals surface area contributed by atoms with Crippen LogP contribution in [0, 0.1) is 11.8 Å². The molecular weight excluding hydrogens is 408 g/mol. The number of aromatic nitrogens is 1. The highest BCUT2D eigenvalue weighted by Crippen LogP contribution is 2.55. The van der Waals surface area contributed by atoms with Gasteiger partial charge in [0, 0.05) is 43.0 Å². The number of fused-ring (bicyclic) bond motifs is 4. The van der Waals surface area contributed by atoms with Crippen LogP contribution in [-0.4, -0.2) is 35.6 Å². The molecule has 4 aliphatic rings. The van der Waals surface area contributed by atoms with Crippen molar-refractivity contribution < 1.29 is 19.1 Å². The first-order valence-corrected chi connectivity index (χ1v) is 11.7. The molecule has 1 saturated heterocycles. The topological polar surface area (TPSA) is 102 Å². The predicted octanol–water partition coefficient (Wildman–Crippen LogP) is 3.41. The van der Waals surface area contributed by atoms with Gasteiger partial charge in [-0.25, -0.2) is 9.78 Å². The van der Waals surface area contributed by atoms with Crippen molar-refractivity contribution in [3.63, 3.8) is 0 Å². The third kappa shape index (κ3) is 4.18. The zero-order valence-corrected chi connectivity index (χ0v) is 18.4. The van der Waals surface area contributed by atoms with Crippen molar-refractivity contribution in [3.8, 4) is 5.75 Å². The Morgan fingerprint density at radius 1 is 1.28 bits per heavy atom.